The predicted molar refractivity (Wildman–Crippen MR) is 94.2 cm³/mol. The van der Waals surface area contributed by atoms with E-state index < -0.39 is 0 Å². The van der Waals surface area contributed by atoms with E-state index in [0.717, 1.165) is 31.7 Å². The van der Waals surface area contributed by atoms with E-state index in [9.17, 15) is 0 Å². The Kier molecular flexibility index (Phi) is 6.40. The highest BCUT2D eigenvalue weighted by Gasteiger charge is 2.05. The molecule has 1 unspecified atom stereocenters. The van der Waals surface area contributed by atoms with Crippen LogP contribution in [0.2, 0.25) is 0 Å². The van der Waals surface area contributed by atoms with Gasteiger partial charge in [0.05, 0.1) is 17.3 Å². The average Bonchev–Trinajstić information content (AvgIpc) is 2.59. The molecule has 0 radical (unpaired) electrons. The maximum Gasteiger partial charge on any atom is 0.146 e. The Morgan fingerprint density at radius 1 is 1.22 bits per heavy atom. The van der Waals surface area contributed by atoms with Gasteiger partial charge in [0.25, 0.3) is 0 Å². The maximum absolute atomic E-state index is 8.81. The fourth-order valence-electron chi connectivity index (χ4n) is 2.33. The van der Waals surface area contributed by atoms with Crippen molar-refractivity contribution in [2.75, 3.05) is 30.7 Å². The predicted octanol–water partition coefficient (Wildman–Crippen LogP) is 2.73. The van der Waals surface area contributed by atoms with E-state index in [1.165, 1.54) is 5.56 Å². The Morgan fingerprint density at radius 2 is 2.00 bits per heavy atom. The summed E-state index contributed by atoms with van der Waals surface area (Å²) in [6, 6.07) is 13.7. The second kappa shape index (κ2) is 8.76. The van der Waals surface area contributed by atoms with E-state index in [1.54, 1.807) is 6.20 Å². The normalized spacial score (nSPS) is 11.7. The molecular weight excluding hydrogens is 286 g/mol. The summed E-state index contributed by atoms with van der Waals surface area (Å²) in [7, 11) is 0. The van der Waals surface area contributed by atoms with Crippen LogP contribution in [-0.2, 0) is 0 Å². The van der Waals surface area contributed by atoms with Crippen molar-refractivity contribution in [2.24, 2.45) is 0 Å². The molecule has 5 nitrogen and oxygen atoms in total. The Morgan fingerprint density at radius 3 is 2.70 bits per heavy atom. The van der Waals surface area contributed by atoms with Gasteiger partial charge in [0.2, 0.25) is 0 Å². The van der Waals surface area contributed by atoms with Crippen LogP contribution in [-0.4, -0.2) is 24.6 Å². The molecule has 2 aromatic rings. The van der Waals surface area contributed by atoms with Crippen molar-refractivity contribution in [3.8, 4) is 6.07 Å². The standard InChI is InChI=1S/C18H23N5/c1-14(16-7-5-15(12-19)6-8-16)13-21-9-3-11-22-17-4-2-10-23-18(17)20/h2,4-8,10,14,21-22H,3,9,11,13H2,1H3,(H2,20,23). The van der Waals surface area contributed by atoms with Gasteiger partial charge in [-0.1, -0.05) is 19.1 Å². The zero-order valence-corrected chi connectivity index (χ0v) is 13.4. The van der Waals surface area contributed by atoms with Crippen molar-refractivity contribution in [1.82, 2.24) is 10.3 Å². The van der Waals surface area contributed by atoms with Crippen molar-refractivity contribution in [1.29, 1.82) is 5.26 Å². The van der Waals surface area contributed by atoms with Crippen LogP contribution < -0.4 is 16.4 Å². The average molecular weight is 309 g/mol. The largest absolute Gasteiger partial charge is 0.382 e. The number of rotatable bonds is 8. The number of pyridine rings is 1. The van der Waals surface area contributed by atoms with E-state index in [2.05, 4.69) is 28.6 Å². The molecule has 0 fully saturated rings. The minimum Gasteiger partial charge on any atom is -0.382 e. The fraction of sp³-hybridized carbons (Fsp3) is 0.333. The first-order valence-electron chi connectivity index (χ1n) is 7.86. The molecule has 0 spiro atoms. The molecule has 0 aliphatic heterocycles. The topological polar surface area (TPSA) is 86.8 Å². The van der Waals surface area contributed by atoms with Crippen LogP contribution in [0.3, 0.4) is 0 Å². The number of nitriles is 1. The van der Waals surface area contributed by atoms with Crippen LogP contribution in [0.5, 0.6) is 0 Å². The van der Waals surface area contributed by atoms with E-state index in [4.69, 9.17) is 11.0 Å². The smallest absolute Gasteiger partial charge is 0.146 e. The lowest BCUT2D eigenvalue weighted by molar-refractivity contribution is 0.603. The molecule has 1 atom stereocenters. The highest BCUT2D eigenvalue weighted by Crippen LogP contribution is 2.15. The third-order valence-electron chi connectivity index (χ3n) is 3.74. The summed E-state index contributed by atoms with van der Waals surface area (Å²) in [5, 5.41) is 15.6. The first-order chi connectivity index (χ1) is 11.2. The summed E-state index contributed by atoms with van der Waals surface area (Å²) in [4.78, 5) is 4.04. The van der Waals surface area contributed by atoms with Crippen molar-refractivity contribution in [2.45, 2.75) is 19.3 Å². The Bertz CT molecular complexity index is 645. The zero-order valence-electron chi connectivity index (χ0n) is 13.4. The van der Waals surface area contributed by atoms with Gasteiger partial charge in [0, 0.05) is 19.3 Å². The van der Waals surface area contributed by atoms with Gasteiger partial charge in [-0.2, -0.15) is 5.26 Å². The Balaban J connectivity index is 1.63. The zero-order chi connectivity index (χ0) is 16.5. The molecule has 0 amide bonds. The van der Waals surface area contributed by atoms with Gasteiger partial charge in [-0.15, -0.1) is 0 Å². The summed E-state index contributed by atoms with van der Waals surface area (Å²) in [5.74, 6) is 0.958. The van der Waals surface area contributed by atoms with Gasteiger partial charge in [-0.25, -0.2) is 4.98 Å². The van der Waals surface area contributed by atoms with Crippen molar-refractivity contribution in [3.63, 3.8) is 0 Å². The van der Waals surface area contributed by atoms with Crippen LogP contribution >= 0.6 is 0 Å². The molecule has 23 heavy (non-hydrogen) atoms. The summed E-state index contributed by atoms with van der Waals surface area (Å²) < 4.78 is 0. The molecule has 120 valence electrons. The SMILES string of the molecule is CC(CNCCCNc1cccnc1N)c1ccc(C#N)cc1. The molecule has 4 N–H and O–H groups in total. The van der Waals surface area contributed by atoms with Crippen LogP contribution in [0.1, 0.15) is 30.4 Å². The van der Waals surface area contributed by atoms with Gasteiger partial charge in [0.15, 0.2) is 0 Å². The highest BCUT2D eigenvalue weighted by molar-refractivity contribution is 5.60. The number of nitrogen functional groups attached to an aromatic ring is 1. The van der Waals surface area contributed by atoms with E-state index >= 15 is 0 Å². The van der Waals surface area contributed by atoms with E-state index in [-0.39, 0.29) is 0 Å². The van der Waals surface area contributed by atoms with Crippen LogP contribution in [0, 0.1) is 11.3 Å². The van der Waals surface area contributed by atoms with Crippen molar-refractivity contribution < 1.29 is 0 Å². The second-order valence-electron chi connectivity index (χ2n) is 5.56. The lowest BCUT2D eigenvalue weighted by Crippen LogP contribution is -2.23. The van der Waals surface area contributed by atoms with Crippen LogP contribution in [0.4, 0.5) is 11.5 Å². The number of nitrogens with zero attached hydrogens (tertiary/aromatic N) is 2. The van der Waals surface area contributed by atoms with Gasteiger partial charge >= 0.3 is 0 Å². The third-order valence-corrected chi connectivity index (χ3v) is 3.74. The molecule has 2 rings (SSSR count). The van der Waals surface area contributed by atoms with Crippen molar-refractivity contribution >= 4 is 11.5 Å². The van der Waals surface area contributed by atoms with Gasteiger partial charge < -0.3 is 16.4 Å². The third kappa shape index (κ3) is 5.28. The van der Waals surface area contributed by atoms with Gasteiger partial charge in [0.1, 0.15) is 5.82 Å². The number of hydrogen-bond donors (Lipinski definition) is 3. The second-order valence-corrected chi connectivity index (χ2v) is 5.56. The minimum absolute atomic E-state index is 0.421. The molecule has 0 saturated heterocycles. The number of nitrogens with two attached hydrogens (primary N) is 1. The lowest BCUT2D eigenvalue weighted by Gasteiger charge is -2.13. The van der Waals surface area contributed by atoms with Crippen LogP contribution in [0.25, 0.3) is 0 Å². The fourth-order valence-corrected chi connectivity index (χ4v) is 2.33. The van der Waals surface area contributed by atoms with E-state index in [0.29, 0.717) is 17.3 Å². The summed E-state index contributed by atoms with van der Waals surface area (Å²) >= 11 is 0. The number of hydrogen-bond acceptors (Lipinski definition) is 5. The molecular formula is C18H23N5. The van der Waals surface area contributed by atoms with Gasteiger partial charge in [-0.05, 0) is 48.7 Å². The summed E-state index contributed by atoms with van der Waals surface area (Å²) in [6.45, 7) is 4.89. The lowest BCUT2D eigenvalue weighted by atomic mass is 10.00. The molecule has 0 saturated carbocycles. The number of nitrogens with one attached hydrogen (secondary N) is 2. The number of aromatic nitrogens is 1. The molecule has 0 aliphatic rings. The molecule has 0 bridgehead atoms. The molecule has 1 heterocycles. The molecule has 0 aliphatic carbocycles. The monoisotopic (exact) mass is 309 g/mol. The highest BCUT2D eigenvalue weighted by atomic mass is 15.0. The molecule has 1 aromatic heterocycles. The first kappa shape index (κ1) is 16.8. The summed E-state index contributed by atoms with van der Waals surface area (Å²) in [6.07, 6.45) is 2.70. The molecule has 5 heteroatoms. The molecule has 1 aromatic carbocycles. The number of anilines is 2. The van der Waals surface area contributed by atoms with Gasteiger partial charge in [-0.3, -0.25) is 0 Å². The summed E-state index contributed by atoms with van der Waals surface area (Å²) in [5.41, 5.74) is 8.62. The minimum atomic E-state index is 0.421. The Labute approximate surface area is 137 Å². The Hall–Kier alpha value is -2.58. The number of benzene rings is 1. The first-order valence-corrected chi connectivity index (χ1v) is 7.86. The maximum atomic E-state index is 8.81. The van der Waals surface area contributed by atoms with Crippen molar-refractivity contribution in [3.05, 3.63) is 53.7 Å². The quantitative estimate of drug-likeness (QED) is 0.653. The van der Waals surface area contributed by atoms with E-state index in [1.807, 2.05) is 36.4 Å². The van der Waals surface area contributed by atoms with Crippen LogP contribution in [0.15, 0.2) is 42.6 Å².